The third-order valence-corrected chi connectivity index (χ3v) is 3.44. The van der Waals surface area contributed by atoms with Gasteiger partial charge < -0.3 is 15.7 Å². The highest BCUT2D eigenvalue weighted by molar-refractivity contribution is 5.80. The van der Waals surface area contributed by atoms with Crippen LogP contribution in [0, 0.1) is 5.41 Å². The van der Waals surface area contributed by atoms with Crippen LogP contribution in [0.1, 0.15) is 39.0 Å². The molecule has 1 amide bonds. The molecule has 0 aromatic heterocycles. The molecule has 1 aliphatic heterocycles. The number of nitrogens with two attached hydrogens (primary N) is 1. The van der Waals surface area contributed by atoms with Gasteiger partial charge in [-0.3, -0.25) is 9.59 Å². The maximum Gasteiger partial charge on any atom is 0.311 e. The number of carbonyl (C=O) groups excluding carboxylic acids is 1. The number of aliphatic carboxylic acids is 1. The zero-order valence-electron chi connectivity index (χ0n) is 10.4. The number of carboxylic acids is 1. The lowest BCUT2D eigenvalue weighted by atomic mass is 9.90. The van der Waals surface area contributed by atoms with Crippen LogP contribution in [0.5, 0.6) is 0 Å². The lowest BCUT2D eigenvalue weighted by molar-refractivity contribution is -0.147. The van der Waals surface area contributed by atoms with Crippen molar-refractivity contribution < 1.29 is 14.7 Å². The lowest BCUT2D eigenvalue weighted by Crippen LogP contribution is -2.34. The van der Waals surface area contributed by atoms with Crippen molar-refractivity contribution >= 4 is 11.9 Å². The van der Waals surface area contributed by atoms with E-state index >= 15 is 0 Å². The number of rotatable bonds is 6. The van der Waals surface area contributed by atoms with Crippen LogP contribution in [-0.4, -0.2) is 41.5 Å². The Morgan fingerprint density at radius 1 is 1.35 bits per heavy atom. The molecular weight excluding hydrogens is 220 g/mol. The summed E-state index contributed by atoms with van der Waals surface area (Å²) in [6.45, 7) is 3.28. The standard InChI is InChI=1S/C12H22N2O3/c1-12(11(16)17)6-8-14(9-12)10(15)5-3-2-4-7-13/h2-9,13H2,1H3,(H,16,17). The summed E-state index contributed by atoms with van der Waals surface area (Å²) in [4.78, 5) is 24.5. The van der Waals surface area contributed by atoms with E-state index in [4.69, 9.17) is 10.8 Å². The van der Waals surface area contributed by atoms with Gasteiger partial charge in [-0.1, -0.05) is 6.42 Å². The monoisotopic (exact) mass is 242 g/mol. The second-order valence-electron chi connectivity index (χ2n) is 5.03. The highest BCUT2D eigenvalue weighted by Gasteiger charge is 2.41. The van der Waals surface area contributed by atoms with Crippen molar-refractivity contribution in [3.63, 3.8) is 0 Å². The smallest absolute Gasteiger partial charge is 0.311 e. The number of hydrogen-bond donors (Lipinski definition) is 2. The molecule has 1 saturated heterocycles. The predicted octanol–water partition coefficient (Wildman–Crippen LogP) is 0.829. The van der Waals surface area contributed by atoms with E-state index < -0.39 is 11.4 Å². The van der Waals surface area contributed by atoms with E-state index in [0.717, 1.165) is 19.3 Å². The number of unbranched alkanes of at least 4 members (excludes halogenated alkanes) is 2. The molecule has 1 atom stereocenters. The van der Waals surface area contributed by atoms with Crippen molar-refractivity contribution in [3.8, 4) is 0 Å². The number of carbonyl (C=O) groups is 2. The van der Waals surface area contributed by atoms with Gasteiger partial charge in [-0.25, -0.2) is 0 Å². The van der Waals surface area contributed by atoms with Crippen molar-refractivity contribution in [2.45, 2.75) is 39.0 Å². The minimum atomic E-state index is -0.809. The maximum atomic E-state index is 11.8. The molecule has 0 aliphatic carbocycles. The largest absolute Gasteiger partial charge is 0.481 e. The first kappa shape index (κ1) is 14.0. The Hall–Kier alpha value is -1.10. The minimum absolute atomic E-state index is 0.0759. The topological polar surface area (TPSA) is 83.6 Å². The van der Waals surface area contributed by atoms with Crippen LogP contribution >= 0.6 is 0 Å². The summed E-state index contributed by atoms with van der Waals surface area (Å²) in [6.07, 6.45) is 3.81. The highest BCUT2D eigenvalue weighted by atomic mass is 16.4. The third-order valence-electron chi connectivity index (χ3n) is 3.44. The van der Waals surface area contributed by atoms with Crippen LogP contribution < -0.4 is 5.73 Å². The number of likely N-dealkylation sites (tertiary alicyclic amines) is 1. The van der Waals surface area contributed by atoms with E-state index in [1.54, 1.807) is 11.8 Å². The Kier molecular flexibility index (Phi) is 4.93. The predicted molar refractivity (Wildman–Crippen MR) is 64.5 cm³/mol. The van der Waals surface area contributed by atoms with Crippen LogP contribution in [0.4, 0.5) is 0 Å². The molecule has 1 unspecified atom stereocenters. The molecule has 0 aromatic rings. The maximum absolute atomic E-state index is 11.8. The molecule has 3 N–H and O–H groups in total. The zero-order valence-corrected chi connectivity index (χ0v) is 10.4. The first-order valence-electron chi connectivity index (χ1n) is 6.21. The van der Waals surface area contributed by atoms with Gasteiger partial charge in [0.05, 0.1) is 5.41 Å². The van der Waals surface area contributed by atoms with E-state index in [1.165, 1.54) is 0 Å². The fourth-order valence-corrected chi connectivity index (χ4v) is 2.10. The Balaban J connectivity index is 2.33. The van der Waals surface area contributed by atoms with Crippen LogP contribution in [-0.2, 0) is 9.59 Å². The molecule has 0 aromatic carbocycles. The van der Waals surface area contributed by atoms with Crippen molar-refractivity contribution in [1.82, 2.24) is 4.90 Å². The quantitative estimate of drug-likeness (QED) is 0.676. The lowest BCUT2D eigenvalue weighted by Gasteiger charge is -2.20. The van der Waals surface area contributed by atoms with Crippen LogP contribution in [0.25, 0.3) is 0 Å². The highest BCUT2D eigenvalue weighted by Crippen LogP contribution is 2.30. The van der Waals surface area contributed by atoms with Crippen LogP contribution in [0.2, 0.25) is 0 Å². The van der Waals surface area contributed by atoms with Gasteiger partial charge in [0.2, 0.25) is 5.91 Å². The SMILES string of the molecule is CC1(C(=O)O)CCN(C(=O)CCCCCN)C1. The van der Waals surface area contributed by atoms with Gasteiger partial charge in [0.25, 0.3) is 0 Å². The van der Waals surface area contributed by atoms with Crippen LogP contribution in [0.15, 0.2) is 0 Å². The Labute approximate surface area is 102 Å². The van der Waals surface area contributed by atoms with Gasteiger partial charge in [-0.15, -0.1) is 0 Å². The fourth-order valence-electron chi connectivity index (χ4n) is 2.10. The van der Waals surface area contributed by atoms with E-state index in [1.807, 2.05) is 0 Å². The first-order chi connectivity index (χ1) is 7.99. The summed E-state index contributed by atoms with van der Waals surface area (Å²) < 4.78 is 0. The molecule has 0 spiro atoms. The molecule has 1 rings (SSSR count). The fraction of sp³-hybridized carbons (Fsp3) is 0.833. The molecule has 1 fully saturated rings. The van der Waals surface area contributed by atoms with E-state index in [2.05, 4.69) is 0 Å². The van der Waals surface area contributed by atoms with Gasteiger partial charge in [-0.05, 0) is 32.7 Å². The van der Waals surface area contributed by atoms with Crippen molar-refractivity contribution in [2.75, 3.05) is 19.6 Å². The van der Waals surface area contributed by atoms with E-state index in [-0.39, 0.29) is 5.91 Å². The first-order valence-corrected chi connectivity index (χ1v) is 6.21. The summed E-state index contributed by atoms with van der Waals surface area (Å²) in [5, 5.41) is 9.07. The minimum Gasteiger partial charge on any atom is -0.481 e. The van der Waals surface area contributed by atoms with Crippen molar-refractivity contribution in [1.29, 1.82) is 0 Å². The molecule has 17 heavy (non-hydrogen) atoms. The Morgan fingerprint density at radius 3 is 2.59 bits per heavy atom. The van der Waals surface area contributed by atoms with Gasteiger partial charge in [0.1, 0.15) is 0 Å². The molecule has 0 bridgehead atoms. The molecule has 0 radical (unpaired) electrons. The molecule has 5 nitrogen and oxygen atoms in total. The van der Waals surface area contributed by atoms with Crippen LogP contribution in [0.3, 0.4) is 0 Å². The molecule has 0 saturated carbocycles. The average Bonchev–Trinajstić information content (AvgIpc) is 2.69. The summed E-state index contributed by atoms with van der Waals surface area (Å²) in [7, 11) is 0. The number of amides is 1. The summed E-state index contributed by atoms with van der Waals surface area (Å²) >= 11 is 0. The normalized spacial score (nSPS) is 24.0. The molecule has 1 aliphatic rings. The number of hydrogen-bond acceptors (Lipinski definition) is 3. The number of carboxylic acid groups (broad SMARTS) is 1. The Bertz CT molecular complexity index is 293. The summed E-state index contributed by atoms with van der Waals surface area (Å²) in [6, 6.07) is 0. The van der Waals surface area contributed by atoms with Gasteiger partial charge in [0.15, 0.2) is 0 Å². The second-order valence-corrected chi connectivity index (χ2v) is 5.03. The zero-order chi connectivity index (χ0) is 12.9. The van der Waals surface area contributed by atoms with Crippen molar-refractivity contribution in [3.05, 3.63) is 0 Å². The molecular formula is C12H22N2O3. The molecule has 1 heterocycles. The molecule has 5 heteroatoms. The summed E-state index contributed by atoms with van der Waals surface area (Å²) in [5.74, 6) is -0.733. The summed E-state index contributed by atoms with van der Waals surface area (Å²) in [5.41, 5.74) is 4.62. The number of nitrogens with zero attached hydrogens (tertiary/aromatic N) is 1. The van der Waals surface area contributed by atoms with Crippen molar-refractivity contribution in [2.24, 2.45) is 11.1 Å². The van der Waals surface area contributed by atoms with Gasteiger partial charge in [-0.2, -0.15) is 0 Å². The second kappa shape index (κ2) is 6.00. The van der Waals surface area contributed by atoms with Gasteiger partial charge in [0, 0.05) is 19.5 Å². The molecule has 98 valence electrons. The third kappa shape index (κ3) is 3.70. The van der Waals surface area contributed by atoms with E-state index in [9.17, 15) is 9.59 Å². The van der Waals surface area contributed by atoms with Gasteiger partial charge >= 0.3 is 5.97 Å². The Morgan fingerprint density at radius 2 is 2.06 bits per heavy atom. The van der Waals surface area contributed by atoms with E-state index in [0.29, 0.717) is 32.5 Å². The average molecular weight is 242 g/mol.